The maximum Gasteiger partial charge on any atom is 0.243 e. The van der Waals surface area contributed by atoms with E-state index >= 15 is 0 Å². The van der Waals surface area contributed by atoms with Crippen LogP contribution in [0.4, 0.5) is 5.69 Å². The molecule has 0 saturated heterocycles. The number of amides is 2. The van der Waals surface area contributed by atoms with E-state index in [1.165, 1.54) is 0 Å². The van der Waals surface area contributed by atoms with Crippen LogP contribution < -0.4 is 15.4 Å². The zero-order valence-electron chi connectivity index (χ0n) is 18.1. The van der Waals surface area contributed by atoms with Gasteiger partial charge in [0, 0.05) is 30.4 Å². The summed E-state index contributed by atoms with van der Waals surface area (Å²) < 4.78 is 7.05. The van der Waals surface area contributed by atoms with E-state index in [9.17, 15) is 9.59 Å². The molecule has 0 aliphatic rings. The van der Waals surface area contributed by atoms with Crippen molar-refractivity contribution >= 4 is 28.5 Å². The van der Waals surface area contributed by atoms with Crippen molar-refractivity contribution in [3.8, 4) is 18.2 Å². The summed E-state index contributed by atoms with van der Waals surface area (Å²) >= 11 is 0. The van der Waals surface area contributed by atoms with Crippen molar-refractivity contribution in [2.45, 2.75) is 26.7 Å². The van der Waals surface area contributed by atoms with Crippen LogP contribution in [0.1, 0.15) is 28.8 Å². The standard InChI is InChI=1S/C23H25N5O3/c1-6-16-8-7-9-17(12-16)26-20(30)13-24-19(29)11-10-18-14(2)21-22(25-15(18)3)28(4)27-23(21)31-5/h1,7-9,12H,10-11,13H2,2-5H3,(H,24,29)(H,26,30). The van der Waals surface area contributed by atoms with Crippen LogP contribution in [0.25, 0.3) is 11.0 Å². The van der Waals surface area contributed by atoms with Gasteiger partial charge in [0.05, 0.1) is 19.0 Å². The predicted molar refractivity (Wildman–Crippen MR) is 119 cm³/mol. The van der Waals surface area contributed by atoms with Crippen molar-refractivity contribution in [3.05, 3.63) is 46.6 Å². The number of carbonyl (C=O) groups excluding carboxylic acids is 2. The summed E-state index contributed by atoms with van der Waals surface area (Å²) in [4.78, 5) is 29.0. The molecule has 31 heavy (non-hydrogen) atoms. The Morgan fingerprint density at radius 2 is 2.03 bits per heavy atom. The van der Waals surface area contributed by atoms with Crippen LogP contribution >= 0.6 is 0 Å². The molecule has 0 aliphatic heterocycles. The van der Waals surface area contributed by atoms with Crippen molar-refractivity contribution in [3.63, 3.8) is 0 Å². The number of methoxy groups -OCH3 is 1. The predicted octanol–water partition coefficient (Wildman–Crippen LogP) is 2.26. The zero-order chi connectivity index (χ0) is 22.5. The van der Waals surface area contributed by atoms with Gasteiger partial charge in [-0.3, -0.25) is 9.59 Å². The van der Waals surface area contributed by atoms with E-state index in [2.05, 4.69) is 26.6 Å². The Bertz CT molecular complexity index is 1190. The van der Waals surface area contributed by atoms with Crippen LogP contribution in [0.15, 0.2) is 24.3 Å². The van der Waals surface area contributed by atoms with Crippen molar-refractivity contribution < 1.29 is 14.3 Å². The Hall–Kier alpha value is -3.86. The number of aromatic nitrogens is 3. The summed E-state index contributed by atoms with van der Waals surface area (Å²) in [6.07, 6.45) is 6.09. The SMILES string of the molecule is C#Cc1cccc(NC(=O)CNC(=O)CCc2c(C)nc3c(c(OC)nn3C)c2C)c1. The second-order valence-corrected chi connectivity index (χ2v) is 7.18. The third kappa shape index (κ3) is 4.83. The van der Waals surface area contributed by atoms with Gasteiger partial charge in [-0.2, -0.15) is 0 Å². The maximum absolute atomic E-state index is 12.3. The summed E-state index contributed by atoms with van der Waals surface area (Å²) in [5, 5.41) is 10.6. The fourth-order valence-corrected chi connectivity index (χ4v) is 3.50. The number of carbonyl (C=O) groups is 2. The molecule has 0 atom stereocenters. The van der Waals surface area contributed by atoms with Crippen LogP contribution in [-0.2, 0) is 23.1 Å². The lowest BCUT2D eigenvalue weighted by Crippen LogP contribution is -2.33. The largest absolute Gasteiger partial charge is 0.479 e. The average molecular weight is 419 g/mol. The molecule has 160 valence electrons. The molecular formula is C23H25N5O3. The Kier molecular flexibility index (Phi) is 6.55. The molecule has 3 aromatic rings. The van der Waals surface area contributed by atoms with Crippen molar-refractivity contribution in [1.29, 1.82) is 0 Å². The highest BCUT2D eigenvalue weighted by Crippen LogP contribution is 2.30. The molecule has 8 heteroatoms. The van der Waals surface area contributed by atoms with Gasteiger partial charge in [0.15, 0.2) is 5.65 Å². The van der Waals surface area contributed by atoms with Crippen LogP contribution in [-0.4, -0.2) is 40.2 Å². The fraction of sp³-hybridized carbons (Fsp3) is 0.304. The smallest absolute Gasteiger partial charge is 0.243 e. The molecule has 2 N–H and O–H groups in total. The minimum absolute atomic E-state index is 0.120. The Balaban J connectivity index is 1.60. The summed E-state index contributed by atoms with van der Waals surface area (Å²) in [6.45, 7) is 3.77. The normalized spacial score (nSPS) is 10.5. The monoisotopic (exact) mass is 419 g/mol. The van der Waals surface area contributed by atoms with Crippen molar-refractivity contribution in [1.82, 2.24) is 20.1 Å². The number of hydrogen-bond donors (Lipinski definition) is 2. The van der Waals surface area contributed by atoms with Crippen molar-refractivity contribution in [2.24, 2.45) is 7.05 Å². The number of rotatable bonds is 7. The molecule has 3 rings (SSSR count). The summed E-state index contributed by atoms with van der Waals surface area (Å²) in [7, 11) is 3.39. The Morgan fingerprint density at radius 1 is 1.26 bits per heavy atom. The van der Waals surface area contributed by atoms with Crippen LogP contribution in [0.2, 0.25) is 0 Å². The molecule has 8 nitrogen and oxygen atoms in total. The molecule has 0 aliphatic carbocycles. The van der Waals surface area contributed by atoms with Gasteiger partial charge in [-0.05, 0) is 49.6 Å². The van der Waals surface area contributed by atoms with Gasteiger partial charge in [0.25, 0.3) is 0 Å². The number of terminal acetylenes is 1. The summed E-state index contributed by atoms with van der Waals surface area (Å²) in [6, 6.07) is 6.97. The molecule has 2 amide bonds. The van der Waals surface area contributed by atoms with E-state index in [0.717, 1.165) is 27.9 Å². The van der Waals surface area contributed by atoms with Crippen LogP contribution in [0.5, 0.6) is 5.88 Å². The second kappa shape index (κ2) is 9.30. The molecule has 0 fully saturated rings. The molecule has 1 aromatic carbocycles. The van der Waals surface area contributed by atoms with Gasteiger partial charge in [0.2, 0.25) is 17.7 Å². The quantitative estimate of drug-likeness (QED) is 0.573. The van der Waals surface area contributed by atoms with Gasteiger partial charge >= 0.3 is 0 Å². The minimum atomic E-state index is -0.321. The van der Waals surface area contributed by atoms with Crippen molar-refractivity contribution in [2.75, 3.05) is 19.0 Å². The van der Waals surface area contributed by atoms with Gasteiger partial charge in [-0.1, -0.05) is 12.0 Å². The highest BCUT2D eigenvalue weighted by Gasteiger charge is 2.18. The molecular weight excluding hydrogens is 394 g/mol. The number of pyridine rings is 1. The summed E-state index contributed by atoms with van der Waals surface area (Å²) in [5.41, 5.74) is 4.81. The van der Waals surface area contributed by atoms with E-state index < -0.39 is 0 Å². The highest BCUT2D eigenvalue weighted by atomic mass is 16.5. The maximum atomic E-state index is 12.3. The molecule has 2 heterocycles. The first-order valence-electron chi connectivity index (χ1n) is 9.84. The first kappa shape index (κ1) is 21.8. The number of anilines is 1. The van der Waals surface area contributed by atoms with Gasteiger partial charge in [-0.25, -0.2) is 9.67 Å². The van der Waals surface area contributed by atoms with E-state index in [1.54, 1.807) is 36.1 Å². The van der Waals surface area contributed by atoms with Crippen LogP contribution in [0.3, 0.4) is 0 Å². The molecule has 0 spiro atoms. The second-order valence-electron chi connectivity index (χ2n) is 7.18. The number of aryl methyl sites for hydroxylation is 3. The molecule has 0 unspecified atom stereocenters. The molecule has 2 aromatic heterocycles. The van der Waals surface area contributed by atoms with Gasteiger partial charge in [-0.15, -0.1) is 11.5 Å². The van der Waals surface area contributed by atoms with E-state index in [4.69, 9.17) is 11.2 Å². The number of hydrogen-bond acceptors (Lipinski definition) is 5. The van der Waals surface area contributed by atoms with E-state index in [1.807, 2.05) is 20.9 Å². The first-order chi connectivity index (χ1) is 14.8. The average Bonchev–Trinajstić information content (AvgIpc) is 3.07. The third-order valence-corrected chi connectivity index (χ3v) is 5.08. The number of nitrogens with one attached hydrogen (secondary N) is 2. The van der Waals surface area contributed by atoms with Gasteiger partial charge < -0.3 is 15.4 Å². The van der Waals surface area contributed by atoms with Crippen LogP contribution in [0, 0.1) is 26.2 Å². The topological polar surface area (TPSA) is 98.1 Å². The number of nitrogens with zero attached hydrogens (tertiary/aromatic N) is 3. The minimum Gasteiger partial charge on any atom is -0.479 e. The third-order valence-electron chi connectivity index (χ3n) is 5.08. The first-order valence-corrected chi connectivity index (χ1v) is 9.84. The Morgan fingerprint density at radius 3 is 2.74 bits per heavy atom. The fourth-order valence-electron chi connectivity index (χ4n) is 3.50. The van der Waals surface area contributed by atoms with E-state index in [0.29, 0.717) is 23.6 Å². The number of fused-ring (bicyclic) bond motifs is 1. The number of ether oxygens (including phenoxy) is 1. The number of benzene rings is 1. The lowest BCUT2D eigenvalue weighted by Gasteiger charge is -2.11. The molecule has 0 bridgehead atoms. The van der Waals surface area contributed by atoms with E-state index in [-0.39, 0.29) is 24.8 Å². The highest BCUT2D eigenvalue weighted by molar-refractivity contribution is 5.94. The molecule has 0 radical (unpaired) electrons. The Labute approximate surface area is 181 Å². The summed E-state index contributed by atoms with van der Waals surface area (Å²) in [5.74, 6) is 2.49. The zero-order valence-corrected chi connectivity index (χ0v) is 18.1. The lowest BCUT2D eigenvalue weighted by molar-refractivity contribution is -0.124. The van der Waals surface area contributed by atoms with Gasteiger partial charge in [0.1, 0.15) is 0 Å². The molecule has 0 saturated carbocycles. The lowest BCUT2D eigenvalue weighted by atomic mass is 10.00.